The molecular formula is C16H21N3O2S. The predicted octanol–water partition coefficient (Wildman–Crippen LogP) is 3.35. The van der Waals surface area contributed by atoms with Crippen molar-refractivity contribution in [1.82, 2.24) is 9.27 Å². The third kappa shape index (κ3) is 3.16. The van der Waals surface area contributed by atoms with Crippen molar-refractivity contribution in [1.29, 1.82) is 0 Å². The monoisotopic (exact) mass is 319 g/mol. The zero-order chi connectivity index (χ0) is 15.7. The Bertz CT molecular complexity index is 669. The zero-order valence-corrected chi connectivity index (χ0v) is 14.0. The second kappa shape index (κ2) is 5.76. The molecule has 1 amide bonds. The van der Waals surface area contributed by atoms with E-state index < -0.39 is 5.60 Å². The number of rotatable bonds is 1. The highest BCUT2D eigenvalue weighted by Gasteiger charge is 2.27. The maximum absolute atomic E-state index is 12.1. The average Bonchev–Trinajstić information content (AvgIpc) is 2.89. The van der Waals surface area contributed by atoms with Crippen LogP contribution in [0.5, 0.6) is 0 Å². The molecule has 0 spiro atoms. The Balaban J connectivity index is 1.66. The second-order valence-corrected chi connectivity index (χ2v) is 7.26. The van der Waals surface area contributed by atoms with Crippen molar-refractivity contribution in [2.45, 2.75) is 26.4 Å². The van der Waals surface area contributed by atoms with Crippen molar-refractivity contribution < 1.29 is 9.53 Å². The van der Waals surface area contributed by atoms with E-state index in [1.807, 2.05) is 32.9 Å². The van der Waals surface area contributed by atoms with Gasteiger partial charge in [-0.2, -0.15) is 4.37 Å². The van der Waals surface area contributed by atoms with Gasteiger partial charge in [0.15, 0.2) is 0 Å². The molecule has 1 saturated heterocycles. The number of benzene rings is 1. The highest BCUT2D eigenvalue weighted by Crippen LogP contribution is 2.29. The van der Waals surface area contributed by atoms with Crippen molar-refractivity contribution in [3.05, 3.63) is 24.3 Å². The number of anilines is 1. The second-order valence-electron chi connectivity index (χ2n) is 6.46. The summed E-state index contributed by atoms with van der Waals surface area (Å²) in [6.07, 6.45) is -0.227. The summed E-state index contributed by atoms with van der Waals surface area (Å²) in [5.41, 5.74) is -0.445. The number of aromatic nitrogens is 1. The fraction of sp³-hybridized carbons (Fsp3) is 0.500. The van der Waals surface area contributed by atoms with Gasteiger partial charge in [0.1, 0.15) is 11.4 Å². The van der Waals surface area contributed by atoms with Crippen LogP contribution in [0.25, 0.3) is 10.1 Å². The molecular weight excluding hydrogens is 298 g/mol. The molecule has 0 atom stereocenters. The van der Waals surface area contributed by atoms with E-state index in [2.05, 4.69) is 21.4 Å². The Hall–Kier alpha value is -1.82. The van der Waals surface area contributed by atoms with E-state index >= 15 is 0 Å². The van der Waals surface area contributed by atoms with E-state index in [0.29, 0.717) is 13.1 Å². The summed E-state index contributed by atoms with van der Waals surface area (Å²) in [7, 11) is 0. The lowest BCUT2D eigenvalue weighted by Crippen LogP contribution is -2.50. The van der Waals surface area contributed by atoms with E-state index in [1.165, 1.54) is 21.6 Å². The van der Waals surface area contributed by atoms with Crippen molar-refractivity contribution in [3.8, 4) is 0 Å². The molecule has 1 aromatic carbocycles. The predicted molar refractivity (Wildman–Crippen MR) is 89.6 cm³/mol. The van der Waals surface area contributed by atoms with Crippen molar-refractivity contribution in [2.75, 3.05) is 31.1 Å². The zero-order valence-electron chi connectivity index (χ0n) is 13.2. The third-order valence-electron chi connectivity index (χ3n) is 3.59. The van der Waals surface area contributed by atoms with E-state index in [1.54, 1.807) is 4.90 Å². The summed E-state index contributed by atoms with van der Waals surface area (Å²) >= 11 is 1.53. The lowest BCUT2D eigenvalue weighted by Gasteiger charge is -2.35. The van der Waals surface area contributed by atoms with Gasteiger partial charge in [0, 0.05) is 31.6 Å². The highest BCUT2D eigenvalue weighted by atomic mass is 32.1. The molecule has 0 radical (unpaired) electrons. The van der Waals surface area contributed by atoms with Gasteiger partial charge in [-0.25, -0.2) is 4.79 Å². The first-order valence-corrected chi connectivity index (χ1v) is 8.29. The molecule has 3 rings (SSSR count). The highest BCUT2D eigenvalue weighted by molar-refractivity contribution is 7.13. The van der Waals surface area contributed by atoms with Crippen LogP contribution in [0, 0.1) is 0 Å². The maximum atomic E-state index is 12.1. The lowest BCUT2D eigenvalue weighted by molar-refractivity contribution is 0.0240. The average molecular weight is 319 g/mol. The third-order valence-corrected chi connectivity index (χ3v) is 4.41. The van der Waals surface area contributed by atoms with Crippen LogP contribution in [0.15, 0.2) is 24.3 Å². The molecule has 0 saturated carbocycles. The van der Waals surface area contributed by atoms with Crippen LogP contribution in [-0.4, -0.2) is 47.1 Å². The molecule has 0 aliphatic carbocycles. The van der Waals surface area contributed by atoms with Gasteiger partial charge >= 0.3 is 6.09 Å². The SMILES string of the molecule is CC(C)(C)OC(=O)N1CCN(c2nsc3ccccc23)CC1. The van der Waals surface area contributed by atoms with Crippen LogP contribution in [0.4, 0.5) is 10.6 Å². The minimum Gasteiger partial charge on any atom is -0.444 e. The van der Waals surface area contributed by atoms with Crippen LogP contribution in [0.1, 0.15) is 20.8 Å². The smallest absolute Gasteiger partial charge is 0.410 e. The van der Waals surface area contributed by atoms with Crippen LogP contribution >= 0.6 is 11.5 Å². The molecule has 1 aliphatic rings. The Kier molecular flexibility index (Phi) is 3.95. The Morgan fingerprint density at radius 1 is 1.18 bits per heavy atom. The van der Waals surface area contributed by atoms with Gasteiger partial charge in [-0.15, -0.1) is 0 Å². The number of ether oxygens (including phenoxy) is 1. The molecule has 0 N–H and O–H groups in total. The van der Waals surface area contributed by atoms with Crippen LogP contribution in [0.2, 0.25) is 0 Å². The summed E-state index contributed by atoms with van der Waals surface area (Å²) in [5, 5.41) is 1.19. The number of carbonyl (C=O) groups is 1. The number of hydrogen-bond donors (Lipinski definition) is 0. The van der Waals surface area contributed by atoms with Crippen molar-refractivity contribution >= 4 is 33.5 Å². The minimum absolute atomic E-state index is 0.227. The number of fused-ring (bicyclic) bond motifs is 1. The number of piperazine rings is 1. The summed E-state index contributed by atoms with van der Waals surface area (Å²) < 4.78 is 11.2. The lowest BCUT2D eigenvalue weighted by atomic mass is 10.2. The minimum atomic E-state index is -0.445. The standard InChI is InChI=1S/C16H21N3O2S/c1-16(2,3)21-15(20)19-10-8-18(9-11-19)14-12-6-4-5-7-13(12)22-17-14/h4-7H,8-11H2,1-3H3. The molecule has 1 fully saturated rings. The van der Waals surface area contributed by atoms with Crippen LogP contribution in [0.3, 0.4) is 0 Å². The quantitative estimate of drug-likeness (QED) is 0.808. The topological polar surface area (TPSA) is 45.7 Å². The van der Waals surface area contributed by atoms with Gasteiger partial charge in [-0.05, 0) is 44.4 Å². The van der Waals surface area contributed by atoms with Gasteiger partial charge in [-0.1, -0.05) is 12.1 Å². The molecule has 118 valence electrons. The Morgan fingerprint density at radius 2 is 1.86 bits per heavy atom. The van der Waals surface area contributed by atoms with Gasteiger partial charge in [0.05, 0.1) is 4.70 Å². The fourth-order valence-electron chi connectivity index (χ4n) is 2.53. The Labute approximate surface area is 134 Å². The van der Waals surface area contributed by atoms with E-state index in [4.69, 9.17) is 4.74 Å². The molecule has 2 heterocycles. The molecule has 0 bridgehead atoms. The van der Waals surface area contributed by atoms with E-state index in [-0.39, 0.29) is 6.09 Å². The fourth-order valence-corrected chi connectivity index (χ4v) is 3.32. The number of nitrogens with zero attached hydrogens (tertiary/aromatic N) is 3. The van der Waals surface area contributed by atoms with Gasteiger partial charge in [-0.3, -0.25) is 0 Å². The van der Waals surface area contributed by atoms with E-state index in [0.717, 1.165) is 18.9 Å². The maximum Gasteiger partial charge on any atom is 0.410 e. The molecule has 0 unspecified atom stereocenters. The molecule has 2 aromatic rings. The molecule has 6 heteroatoms. The Morgan fingerprint density at radius 3 is 2.55 bits per heavy atom. The van der Waals surface area contributed by atoms with Gasteiger partial charge in [0.2, 0.25) is 0 Å². The number of amides is 1. The molecule has 5 nitrogen and oxygen atoms in total. The normalized spacial score (nSPS) is 16.1. The van der Waals surface area contributed by atoms with Crippen LogP contribution < -0.4 is 4.90 Å². The summed E-state index contributed by atoms with van der Waals surface area (Å²) in [6, 6.07) is 8.27. The first kappa shape index (κ1) is 15.1. The largest absolute Gasteiger partial charge is 0.444 e. The summed E-state index contributed by atoms with van der Waals surface area (Å²) in [6.45, 7) is 8.58. The van der Waals surface area contributed by atoms with Gasteiger partial charge < -0.3 is 14.5 Å². The van der Waals surface area contributed by atoms with E-state index in [9.17, 15) is 4.79 Å². The molecule has 1 aromatic heterocycles. The summed E-state index contributed by atoms with van der Waals surface area (Å²) in [5.74, 6) is 1.03. The first-order valence-electron chi connectivity index (χ1n) is 7.51. The molecule has 1 aliphatic heterocycles. The summed E-state index contributed by atoms with van der Waals surface area (Å²) in [4.78, 5) is 16.1. The first-order chi connectivity index (χ1) is 10.4. The van der Waals surface area contributed by atoms with Crippen LogP contribution in [-0.2, 0) is 4.74 Å². The van der Waals surface area contributed by atoms with Crippen molar-refractivity contribution in [3.63, 3.8) is 0 Å². The van der Waals surface area contributed by atoms with Gasteiger partial charge in [0.25, 0.3) is 0 Å². The molecule has 22 heavy (non-hydrogen) atoms. The van der Waals surface area contributed by atoms with Crippen molar-refractivity contribution in [2.24, 2.45) is 0 Å². The number of hydrogen-bond acceptors (Lipinski definition) is 5. The number of carbonyl (C=O) groups excluding carboxylic acids is 1.